The Labute approximate surface area is 84.7 Å². The molecule has 1 fully saturated rings. The summed E-state index contributed by atoms with van der Waals surface area (Å²) < 4.78 is 43.6. The molecule has 1 heterocycles. The maximum absolute atomic E-state index is 11.0. The van der Waals surface area contributed by atoms with E-state index in [1.54, 1.807) is 0 Å². The molecule has 1 aliphatic heterocycles. The summed E-state index contributed by atoms with van der Waals surface area (Å²) in [4.78, 5) is 0. The first kappa shape index (κ1) is 11.9. The average molecular weight is 241 g/mol. The molecule has 0 aromatic heterocycles. The second-order valence-corrected chi connectivity index (χ2v) is 8.17. The van der Waals surface area contributed by atoms with Crippen LogP contribution in [0.5, 0.6) is 0 Å². The molecule has 1 rings (SSSR count). The van der Waals surface area contributed by atoms with Crippen LogP contribution in [-0.4, -0.2) is 52.9 Å². The molecule has 7 heteroatoms. The Bertz CT molecular complexity index is 384. The minimum Gasteiger partial charge on any atom is -0.312 e. The van der Waals surface area contributed by atoms with Gasteiger partial charge in [-0.05, 0) is 6.42 Å². The van der Waals surface area contributed by atoms with Gasteiger partial charge in [0.05, 0.1) is 17.3 Å². The SMILES string of the molecule is CS(=O)(=O)CCNC1CCS(=O)(=O)C1. The summed E-state index contributed by atoms with van der Waals surface area (Å²) in [5.74, 6) is 0.407. The average Bonchev–Trinajstić information content (AvgIpc) is 2.27. The summed E-state index contributed by atoms with van der Waals surface area (Å²) in [6.45, 7) is 0.332. The Morgan fingerprint density at radius 3 is 2.50 bits per heavy atom. The third-order valence-corrected chi connectivity index (χ3v) is 4.85. The van der Waals surface area contributed by atoms with Crippen LogP contribution in [0, 0.1) is 0 Å². The number of sulfone groups is 2. The van der Waals surface area contributed by atoms with Crippen molar-refractivity contribution in [2.45, 2.75) is 12.5 Å². The van der Waals surface area contributed by atoms with Crippen molar-refractivity contribution >= 4 is 19.7 Å². The van der Waals surface area contributed by atoms with Crippen LogP contribution in [0.3, 0.4) is 0 Å². The first-order valence-electron chi connectivity index (χ1n) is 4.40. The zero-order valence-electron chi connectivity index (χ0n) is 8.06. The molecule has 0 saturated carbocycles. The lowest BCUT2D eigenvalue weighted by molar-refractivity contribution is 0.562. The molecule has 0 aliphatic carbocycles. The lowest BCUT2D eigenvalue weighted by atomic mass is 10.3. The van der Waals surface area contributed by atoms with Gasteiger partial charge >= 0.3 is 0 Å². The van der Waals surface area contributed by atoms with E-state index >= 15 is 0 Å². The van der Waals surface area contributed by atoms with E-state index in [2.05, 4.69) is 5.32 Å². The summed E-state index contributed by atoms with van der Waals surface area (Å²) in [6, 6.07) is -0.0678. The smallest absolute Gasteiger partial charge is 0.151 e. The Hall–Kier alpha value is -0.140. The molecule has 1 aliphatic rings. The van der Waals surface area contributed by atoms with E-state index in [4.69, 9.17) is 0 Å². The van der Waals surface area contributed by atoms with E-state index in [9.17, 15) is 16.8 Å². The Balaban J connectivity index is 2.28. The topological polar surface area (TPSA) is 80.3 Å². The van der Waals surface area contributed by atoms with Gasteiger partial charge in [-0.15, -0.1) is 0 Å². The van der Waals surface area contributed by atoms with Crippen LogP contribution < -0.4 is 5.32 Å². The highest BCUT2D eigenvalue weighted by molar-refractivity contribution is 7.91. The fourth-order valence-corrected chi connectivity index (χ4v) is 3.60. The van der Waals surface area contributed by atoms with Crippen molar-refractivity contribution < 1.29 is 16.8 Å². The molecule has 1 saturated heterocycles. The van der Waals surface area contributed by atoms with Gasteiger partial charge in [-0.2, -0.15) is 0 Å². The highest BCUT2D eigenvalue weighted by Crippen LogP contribution is 2.10. The molecule has 0 amide bonds. The predicted molar refractivity (Wildman–Crippen MR) is 54.8 cm³/mol. The minimum atomic E-state index is -2.96. The highest BCUT2D eigenvalue weighted by atomic mass is 32.2. The molecule has 1 atom stereocenters. The second-order valence-electron chi connectivity index (χ2n) is 3.68. The Kier molecular flexibility index (Phi) is 3.54. The van der Waals surface area contributed by atoms with Gasteiger partial charge in [0, 0.05) is 18.8 Å². The van der Waals surface area contributed by atoms with Gasteiger partial charge < -0.3 is 5.32 Å². The minimum absolute atomic E-state index is 0.0591. The van der Waals surface area contributed by atoms with Gasteiger partial charge in [-0.1, -0.05) is 0 Å². The molecule has 0 spiro atoms. The quantitative estimate of drug-likeness (QED) is 0.669. The molecular formula is C7H15NO4S2. The second kappa shape index (κ2) is 4.16. The van der Waals surface area contributed by atoms with Crippen LogP contribution in [-0.2, 0) is 19.7 Å². The fourth-order valence-electron chi connectivity index (χ4n) is 1.40. The molecule has 1 unspecified atom stereocenters. The summed E-state index contributed by atoms with van der Waals surface area (Å²) in [5, 5.41) is 2.94. The first-order chi connectivity index (χ1) is 6.29. The molecule has 0 aromatic carbocycles. The van der Waals surface area contributed by atoms with Crippen LogP contribution in [0.4, 0.5) is 0 Å². The van der Waals surface area contributed by atoms with Crippen molar-refractivity contribution in [1.29, 1.82) is 0 Å². The van der Waals surface area contributed by atoms with Crippen LogP contribution >= 0.6 is 0 Å². The standard InChI is InChI=1S/C7H15NO4S2/c1-13(9,10)5-3-8-7-2-4-14(11,12)6-7/h7-8H,2-6H2,1H3. The zero-order chi connectivity index (χ0) is 10.8. The number of nitrogens with one attached hydrogen (secondary N) is 1. The molecule has 0 radical (unpaired) electrons. The van der Waals surface area contributed by atoms with Crippen molar-refractivity contribution in [1.82, 2.24) is 5.32 Å². The summed E-state index contributed by atoms with van der Waals surface area (Å²) in [7, 11) is -5.83. The molecule has 0 aromatic rings. The third kappa shape index (κ3) is 4.39. The zero-order valence-corrected chi connectivity index (χ0v) is 9.70. The van der Waals surface area contributed by atoms with Gasteiger partial charge in [-0.3, -0.25) is 0 Å². The lowest BCUT2D eigenvalue weighted by Gasteiger charge is -2.09. The van der Waals surface area contributed by atoms with Crippen molar-refractivity contribution in [2.24, 2.45) is 0 Å². The maximum atomic E-state index is 11.0. The summed E-state index contributed by atoms with van der Waals surface area (Å²) in [5.41, 5.74) is 0. The van der Waals surface area contributed by atoms with E-state index < -0.39 is 19.7 Å². The molecular weight excluding hydrogens is 226 g/mol. The third-order valence-electron chi connectivity index (χ3n) is 2.14. The Morgan fingerprint density at radius 2 is 2.07 bits per heavy atom. The van der Waals surface area contributed by atoms with Crippen molar-refractivity contribution in [3.05, 3.63) is 0 Å². The number of hydrogen-bond donors (Lipinski definition) is 1. The molecule has 5 nitrogen and oxygen atoms in total. The normalized spacial score (nSPS) is 26.5. The fraction of sp³-hybridized carbons (Fsp3) is 1.00. The van der Waals surface area contributed by atoms with Crippen LogP contribution in [0.1, 0.15) is 6.42 Å². The van der Waals surface area contributed by atoms with Crippen molar-refractivity contribution in [3.8, 4) is 0 Å². The summed E-state index contributed by atoms with van der Waals surface area (Å²) in [6.07, 6.45) is 1.76. The van der Waals surface area contributed by atoms with Gasteiger partial charge in [-0.25, -0.2) is 16.8 Å². The van der Waals surface area contributed by atoms with Crippen LogP contribution in [0.15, 0.2) is 0 Å². The van der Waals surface area contributed by atoms with Gasteiger partial charge in [0.25, 0.3) is 0 Å². The maximum Gasteiger partial charge on any atom is 0.151 e. The highest BCUT2D eigenvalue weighted by Gasteiger charge is 2.27. The van der Waals surface area contributed by atoms with E-state index in [1.807, 2.05) is 0 Å². The van der Waals surface area contributed by atoms with E-state index in [1.165, 1.54) is 6.26 Å². The van der Waals surface area contributed by atoms with Gasteiger partial charge in [0.1, 0.15) is 9.84 Å². The molecule has 14 heavy (non-hydrogen) atoms. The van der Waals surface area contributed by atoms with Crippen molar-refractivity contribution in [3.63, 3.8) is 0 Å². The lowest BCUT2D eigenvalue weighted by Crippen LogP contribution is -2.33. The number of rotatable bonds is 4. The monoisotopic (exact) mass is 241 g/mol. The first-order valence-corrected chi connectivity index (χ1v) is 8.28. The van der Waals surface area contributed by atoms with E-state index in [0.29, 0.717) is 13.0 Å². The Morgan fingerprint density at radius 1 is 1.43 bits per heavy atom. The molecule has 1 N–H and O–H groups in total. The van der Waals surface area contributed by atoms with Crippen LogP contribution in [0.2, 0.25) is 0 Å². The van der Waals surface area contributed by atoms with Crippen LogP contribution in [0.25, 0.3) is 0 Å². The van der Waals surface area contributed by atoms with Gasteiger partial charge in [0.15, 0.2) is 9.84 Å². The van der Waals surface area contributed by atoms with Crippen molar-refractivity contribution in [2.75, 3.05) is 30.1 Å². The number of hydrogen-bond acceptors (Lipinski definition) is 5. The van der Waals surface area contributed by atoms with E-state index in [-0.39, 0.29) is 23.3 Å². The predicted octanol–water partition coefficient (Wildman–Crippen LogP) is -1.19. The largest absolute Gasteiger partial charge is 0.312 e. The van der Waals surface area contributed by atoms with Gasteiger partial charge in [0.2, 0.25) is 0 Å². The van der Waals surface area contributed by atoms with E-state index in [0.717, 1.165) is 0 Å². The molecule has 84 valence electrons. The molecule has 0 bridgehead atoms. The summed E-state index contributed by atoms with van der Waals surface area (Å²) >= 11 is 0.